The van der Waals surface area contributed by atoms with E-state index in [1.807, 2.05) is 36.4 Å². The zero-order valence-electron chi connectivity index (χ0n) is 9.18. The second-order valence-electron chi connectivity index (χ2n) is 4.27. The van der Waals surface area contributed by atoms with Gasteiger partial charge in [-0.1, -0.05) is 24.3 Å². The van der Waals surface area contributed by atoms with Crippen molar-refractivity contribution in [3.63, 3.8) is 0 Å². The van der Waals surface area contributed by atoms with Gasteiger partial charge in [-0.3, -0.25) is 0 Å². The molecule has 0 aliphatic heterocycles. The van der Waals surface area contributed by atoms with E-state index < -0.39 is 0 Å². The molecular weight excluding hydrogens is 212 g/mol. The second kappa shape index (κ2) is 3.35. The highest BCUT2D eigenvalue weighted by Gasteiger charge is 2.28. The number of hydrogen-bond acceptors (Lipinski definition) is 3. The Hall–Kier alpha value is -2.29. The van der Waals surface area contributed by atoms with Gasteiger partial charge in [0.05, 0.1) is 17.3 Å². The van der Waals surface area contributed by atoms with Gasteiger partial charge >= 0.3 is 0 Å². The molecule has 1 atom stereocenters. The molecule has 0 heterocycles. The molecule has 1 aliphatic rings. The van der Waals surface area contributed by atoms with E-state index in [-0.39, 0.29) is 5.92 Å². The molecule has 0 fully saturated rings. The molecular formula is C14H12N2O. The Morgan fingerprint density at radius 1 is 0.941 bits per heavy atom. The smallest absolute Gasteiger partial charge is 0.131 e. The van der Waals surface area contributed by atoms with Crippen molar-refractivity contribution in [1.82, 2.24) is 0 Å². The first-order chi connectivity index (χ1) is 8.22. The fourth-order valence-corrected chi connectivity index (χ4v) is 2.47. The lowest BCUT2D eigenvalue weighted by Crippen LogP contribution is -2.00. The Labute approximate surface area is 99.1 Å². The maximum Gasteiger partial charge on any atom is 0.131 e. The standard InChI is InChI=1S/C14H12N2O/c15-13-5-10-8-3-1-2-4-9(8)12(7-17)11(10)6-14(13)16/h1-7,12H,15-16H2. The molecule has 2 aromatic rings. The number of rotatable bonds is 1. The Balaban J connectivity index is 2.35. The molecule has 17 heavy (non-hydrogen) atoms. The fraction of sp³-hybridized carbons (Fsp3) is 0.0714. The maximum absolute atomic E-state index is 11.3. The average Bonchev–Trinajstić information content (AvgIpc) is 2.63. The third-order valence-electron chi connectivity index (χ3n) is 3.31. The molecule has 3 nitrogen and oxygen atoms in total. The minimum atomic E-state index is -0.218. The molecule has 3 rings (SSSR count). The molecule has 0 radical (unpaired) electrons. The first-order valence-electron chi connectivity index (χ1n) is 5.46. The number of nitrogen functional groups attached to an aromatic ring is 2. The van der Waals surface area contributed by atoms with E-state index in [0.717, 1.165) is 28.5 Å². The first kappa shape index (κ1) is 9.90. The molecule has 3 heteroatoms. The van der Waals surface area contributed by atoms with Crippen molar-refractivity contribution in [2.24, 2.45) is 0 Å². The molecule has 84 valence electrons. The quantitative estimate of drug-likeness (QED) is 0.576. The lowest BCUT2D eigenvalue weighted by Gasteiger charge is -2.07. The van der Waals surface area contributed by atoms with E-state index in [1.54, 1.807) is 0 Å². The Kier molecular flexibility index (Phi) is 1.95. The number of hydrogen-bond donors (Lipinski definition) is 2. The van der Waals surface area contributed by atoms with Gasteiger partial charge < -0.3 is 16.3 Å². The average molecular weight is 224 g/mol. The summed E-state index contributed by atoms with van der Waals surface area (Å²) in [4.78, 5) is 11.3. The molecule has 0 amide bonds. The molecule has 0 spiro atoms. The van der Waals surface area contributed by atoms with Crippen LogP contribution in [0.15, 0.2) is 36.4 Å². The number of benzene rings is 2. The van der Waals surface area contributed by atoms with E-state index in [1.165, 1.54) is 0 Å². The van der Waals surface area contributed by atoms with Crippen LogP contribution in [0.1, 0.15) is 17.0 Å². The summed E-state index contributed by atoms with van der Waals surface area (Å²) in [6, 6.07) is 11.5. The van der Waals surface area contributed by atoms with Crippen LogP contribution in [0.25, 0.3) is 11.1 Å². The normalized spacial score (nSPS) is 16.4. The lowest BCUT2D eigenvalue weighted by atomic mass is 9.98. The number of carbonyl (C=O) groups is 1. The molecule has 0 saturated carbocycles. The minimum Gasteiger partial charge on any atom is -0.397 e. The predicted molar refractivity (Wildman–Crippen MR) is 68.6 cm³/mol. The summed E-state index contributed by atoms with van der Waals surface area (Å²) in [6.45, 7) is 0. The van der Waals surface area contributed by atoms with Gasteiger partial charge in [0.15, 0.2) is 0 Å². The zero-order valence-corrected chi connectivity index (χ0v) is 9.18. The van der Waals surface area contributed by atoms with Crippen LogP contribution in [0.3, 0.4) is 0 Å². The van der Waals surface area contributed by atoms with E-state index in [4.69, 9.17) is 11.5 Å². The summed E-state index contributed by atoms with van der Waals surface area (Å²) in [5.41, 5.74) is 16.8. The second-order valence-corrected chi connectivity index (χ2v) is 4.27. The number of fused-ring (bicyclic) bond motifs is 3. The largest absolute Gasteiger partial charge is 0.397 e. The number of nitrogens with two attached hydrogens (primary N) is 2. The van der Waals surface area contributed by atoms with Crippen molar-refractivity contribution in [1.29, 1.82) is 0 Å². The summed E-state index contributed by atoms with van der Waals surface area (Å²) >= 11 is 0. The molecule has 2 aromatic carbocycles. The van der Waals surface area contributed by atoms with Crippen molar-refractivity contribution in [3.8, 4) is 11.1 Å². The Morgan fingerprint density at radius 3 is 2.41 bits per heavy atom. The molecule has 1 aliphatic carbocycles. The van der Waals surface area contributed by atoms with Gasteiger partial charge in [0.2, 0.25) is 0 Å². The van der Waals surface area contributed by atoms with Gasteiger partial charge in [-0.05, 0) is 34.4 Å². The third kappa shape index (κ3) is 1.25. The van der Waals surface area contributed by atoms with Gasteiger partial charge in [-0.2, -0.15) is 0 Å². The van der Waals surface area contributed by atoms with Crippen LogP contribution >= 0.6 is 0 Å². The topological polar surface area (TPSA) is 69.1 Å². The maximum atomic E-state index is 11.3. The summed E-state index contributed by atoms with van der Waals surface area (Å²) in [5.74, 6) is -0.218. The van der Waals surface area contributed by atoms with Gasteiger partial charge in [-0.25, -0.2) is 0 Å². The molecule has 4 N–H and O–H groups in total. The molecule has 0 saturated heterocycles. The number of anilines is 2. The highest BCUT2D eigenvalue weighted by Crippen LogP contribution is 2.45. The Bertz CT molecular complexity index is 620. The van der Waals surface area contributed by atoms with Crippen LogP contribution in [0.4, 0.5) is 11.4 Å². The van der Waals surface area contributed by atoms with Crippen LogP contribution < -0.4 is 11.5 Å². The van der Waals surface area contributed by atoms with Crippen molar-refractivity contribution >= 4 is 17.7 Å². The highest BCUT2D eigenvalue weighted by molar-refractivity contribution is 5.91. The highest BCUT2D eigenvalue weighted by atomic mass is 16.1. The predicted octanol–water partition coefficient (Wildman–Crippen LogP) is 2.16. The number of carbonyl (C=O) groups excluding carboxylic acids is 1. The van der Waals surface area contributed by atoms with Crippen LogP contribution in [-0.2, 0) is 4.79 Å². The molecule has 0 bridgehead atoms. The third-order valence-corrected chi connectivity index (χ3v) is 3.31. The molecule has 0 aromatic heterocycles. The lowest BCUT2D eigenvalue weighted by molar-refractivity contribution is -0.108. The van der Waals surface area contributed by atoms with Gasteiger partial charge in [0.25, 0.3) is 0 Å². The number of aldehydes is 1. The van der Waals surface area contributed by atoms with E-state index >= 15 is 0 Å². The van der Waals surface area contributed by atoms with Crippen molar-refractivity contribution < 1.29 is 4.79 Å². The summed E-state index contributed by atoms with van der Waals surface area (Å²) in [6.07, 6.45) is 0.959. The van der Waals surface area contributed by atoms with Crippen molar-refractivity contribution in [3.05, 3.63) is 47.5 Å². The summed E-state index contributed by atoms with van der Waals surface area (Å²) in [7, 11) is 0. The van der Waals surface area contributed by atoms with Gasteiger partial charge in [-0.15, -0.1) is 0 Å². The SMILES string of the molecule is Nc1cc2c(cc1N)C(C=O)c1ccccc1-2. The fourth-order valence-electron chi connectivity index (χ4n) is 2.47. The van der Waals surface area contributed by atoms with Crippen LogP contribution in [0, 0.1) is 0 Å². The monoisotopic (exact) mass is 224 g/mol. The van der Waals surface area contributed by atoms with E-state index in [2.05, 4.69) is 0 Å². The van der Waals surface area contributed by atoms with Crippen molar-refractivity contribution in [2.45, 2.75) is 5.92 Å². The van der Waals surface area contributed by atoms with Crippen LogP contribution in [0.5, 0.6) is 0 Å². The van der Waals surface area contributed by atoms with E-state index in [9.17, 15) is 4.79 Å². The Morgan fingerprint density at radius 2 is 1.65 bits per heavy atom. The minimum absolute atomic E-state index is 0.218. The van der Waals surface area contributed by atoms with Gasteiger partial charge in [0.1, 0.15) is 6.29 Å². The van der Waals surface area contributed by atoms with Crippen molar-refractivity contribution in [2.75, 3.05) is 11.5 Å². The molecule has 1 unspecified atom stereocenters. The summed E-state index contributed by atoms with van der Waals surface area (Å²) < 4.78 is 0. The van der Waals surface area contributed by atoms with E-state index in [0.29, 0.717) is 11.4 Å². The summed E-state index contributed by atoms with van der Waals surface area (Å²) in [5, 5.41) is 0. The van der Waals surface area contributed by atoms with Gasteiger partial charge in [0, 0.05) is 0 Å². The first-order valence-corrected chi connectivity index (χ1v) is 5.46. The van der Waals surface area contributed by atoms with Crippen LogP contribution in [-0.4, -0.2) is 6.29 Å². The zero-order chi connectivity index (χ0) is 12.0. The van der Waals surface area contributed by atoms with Crippen LogP contribution in [0.2, 0.25) is 0 Å².